The van der Waals surface area contributed by atoms with Gasteiger partial charge in [-0.2, -0.15) is 16.4 Å². The number of rotatable bonds is 10. The van der Waals surface area contributed by atoms with Gasteiger partial charge in [-0.3, -0.25) is 0 Å². The molecule has 9 heteroatoms. The minimum absolute atomic E-state index is 0.124. The fourth-order valence-corrected chi connectivity index (χ4v) is 4.97. The molecule has 1 aliphatic rings. The van der Waals surface area contributed by atoms with E-state index in [1.165, 1.54) is 0 Å². The highest BCUT2D eigenvalue weighted by Gasteiger charge is 2.42. The smallest absolute Gasteiger partial charge is 0.176 e. The highest BCUT2D eigenvalue weighted by Crippen LogP contribution is 2.38. The van der Waals surface area contributed by atoms with E-state index >= 15 is 0 Å². The van der Waals surface area contributed by atoms with E-state index in [2.05, 4.69) is 47.9 Å². The number of methoxy groups -OCH3 is 2. The van der Waals surface area contributed by atoms with Crippen LogP contribution in [0.1, 0.15) is 51.9 Å². The predicted octanol–water partition coefficient (Wildman–Crippen LogP) is 3.66. The lowest BCUT2D eigenvalue weighted by Crippen LogP contribution is -2.49. The van der Waals surface area contributed by atoms with Crippen LogP contribution in [-0.2, 0) is 4.74 Å². The average Bonchev–Trinajstić information content (AvgIpc) is 3.22. The second kappa shape index (κ2) is 10.2. The molecule has 1 saturated heterocycles. The summed E-state index contributed by atoms with van der Waals surface area (Å²) in [6.07, 6.45) is 5.29. The van der Waals surface area contributed by atoms with Gasteiger partial charge in [0.05, 0.1) is 25.9 Å². The average molecular weight is 450 g/mol. The van der Waals surface area contributed by atoms with Crippen molar-refractivity contribution in [1.29, 1.82) is 0 Å². The van der Waals surface area contributed by atoms with Crippen LogP contribution in [0.15, 0.2) is 18.2 Å². The van der Waals surface area contributed by atoms with Crippen LogP contribution in [0.2, 0.25) is 0 Å². The predicted molar refractivity (Wildman–Crippen MR) is 123 cm³/mol. The third-order valence-corrected chi connectivity index (χ3v) is 6.87. The summed E-state index contributed by atoms with van der Waals surface area (Å²) in [5, 5.41) is 16.5. The van der Waals surface area contributed by atoms with Gasteiger partial charge in [0.15, 0.2) is 5.82 Å². The van der Waals surface area contributed by atoms with Crippen molar-refractivity contribution in [3.63, 3.8) is 0 Å². The van der Waals surface area contributed by atoms with E-state index in [0.717, 1.165) is 43.9 Å². The summed E-state index contributed by atoms with van der Waals surface area (Å²) in [4.78, 5) is 0. The van der Waals surface area contributed by atoms with Crippen LogP contribution in [0.3, 0.4) is 0 Å². The Bertz CT molecular complexity index is 851. The molecule has 172 valence electrons. The maximum absolute atomic E-state index is 6.33. The second-order valence-corrected chi connectivity index (χ2v) is 9.88. The Balaban J connectivity index is 2.00. The summed E-state index contributed by atoms with van der Waals surface area (Å²) in [7, 11) is 3.27. The van der Waals surface area contributed by atoms with Crippen LogP contribution in [0.4, 0.5) is 0 Å². The Hall–Kier alpha value is -1.84. The summed E-state index contributed by atoms with van der Waals surface area (Å²) >= 11 is 1.86. The van der Waals surface area contributed by atoms with Gasteiger partial charge in [0.1, 0.15) is 17.2 Å². The maximum atomic E-state index is 6.33. The molecule has 31 heavy (non-hydrogen) atoms. The maximum Gasteiger partial charge on any atom is 0.176 e. The highest BCUT2D eigenvalue weighted by atomic mass is 32.2. The molecule has 0 aliphatic carbocycles. The van der Waals surface area contributed by atoms with E-state index in [1.54, 1.807) is 18.9 Å². The molecule has 1 aromatic heterocycles. The van der Waals surface area contributed by atoms with Gasteiger partial charge in [-0.1, -0.05) is 13.8 Å². The molecule has 0 spiro atoms. The zero-order chi connectivity index (χ0) is 22.5. The van der Waals surface area contributed by atoms with E-state index < -0.39 is 5.60 Å². The molecule has 0 bridgehead atoms. The van der Waals surface area contributed by atoms with Crippen LogP contribution >= 0.6 is 11.8 Å². The number of hydrogen-bond donors (Lipinski definition) is 1. The lowest BCUT2D eigenvalue weighted by molar-refractivity contribution is -0.0929. The first-order valence-corrected chi connectivity index (χ1v) is 12.1. The quantitative estimate of drug-likeness (QED) is 0.588. The third-order valence-electron chi connectivity index (χ3n) is 5.80. The number of thioether (sulfide) groups is 1. The van der Waals surface area contributed by atoms with Crippen molar-refractivity contribution in [3.05, 3.63) is 24.0 Å². The summed E-state index contributed by atoms with van der Waals surface area (Å²) in [6.45, 7) is 8.27. The summed E-state index contributed by atoms with van der Waals surface area (Å²) in [5.41, 5.74) is 0.483. The topological polar surface area (TPSA) is 83.3 Å². The number of hydrogen-bond acceptors (Lipinski definition) is 8. The van der Waals surface area contributed by atoms with E-state index in [1.807, 2.05) is 30.0 Å². The molecular weight excluding hydrogens is 414 g/mol. The Morgan fingerprint density at radius 3 is 2.74 bits per heavy atom. The number of nitrogens with one attached hydrogen (secondary N) is 1. The number of benzene rings is 1. The monoisotopic (exact) mass is 449 g/mol. The molecule has 0 amide bonds. The molecule has 1 fully saturated rings. The van der Waals surface area contributed by atoms with Gasteiger partial charge in [-0.15, -0.1) is 5.10 Å². The lowest BCUT2D eigenvalue weighted by atomic mass is 9.86. The van der Waals surface area contributed by atoms with E-state index in [9.17, 15) is 0 Å². The number of nitrogens with zero attached hydrogens (tertiary/aromatic N) is 4. The van der Waals surface area contributed by atoms with E-state index in [0.29, 0.717) is 17.3 Å². The van der Waals surface area contributed by atoms with E-state index in [4.69, 9.17) is 14.2 Å². The Morgan fingerprint density at radius 2 is 2.10 bits per heavy atom. The lowest BCUT2D eigenvalue weighted by Gasteiger charge is -2.41. The van der Waals surface area contributed by atoms with Crippen LogP contribution in [-0.4, -0.2) is 65.2 Å². The molecule has 1 aliphatic heterocycles. The molecule has 1 N–H and O–H groups in total. The van der Waals surface area contributed by atoms with Gasteiger partial charge < -0.3 is 19.5 Å². The Kier molecular flexibility index (Phi) is 7.82. The molecule has 2 aromatic rings. The summed E-state index contributed by atoms with van der Waals surface area (Å²) < 4.78 is 19.0. The minimum Gasteiger partial charge on any atom is -0.497 e. The molecule has 3 rings (SSSR count). The van der Waals surface area contributed by atoms with Crippen molar-refractivity contribution in [2.45, 2.75) is 51.7 Å². The van der Waals surface area contributed by atoms with Gasteiger partial charge in [0.2, 0.25) is 0 Å². The number of ether oxygens (including phenoxy) is 3. The fourth-order valence-electron chi connectivity index (χ4n) is 4.09. The SMILES string of the molecule is COc1ccc(-n2nnnc2C(NCC(C)(C)CSC)C2(C)CCCCO2)c(OC)c1. The van der Waals surface area contributed by atoms with Gasteiger partial charge in [0, 0.05) is 19.2 Å². The van der Waals surface area contributed by atoms with Crippen LogP contribution in [0.5, 0.6) is 11.5 Å². The molecule has 2 atom stereocenters. The third kappa shape index (κ3) is 5.51. The minimum atomic E-state index is -0.403. The highest BCUT2D eigenvalue weighted by molar-refractivity contribution is 7.98. The van der Waals surface area contributed by atoms with Crippen LogP contribution in [0.25, 0.3) is 5.69 Å². The summed E-state index contributed by atoms with van der Waals surface area (Å²) in [5.74, 6) is 3.13. The van der Waals surface area contributed by atoms with Gasteiger partial charge >= 0.3 is 0 Å². The van der Waals surface area contributed by atoms with Gasteiger partial charge in [-0.05, 0) is 66.2 Å². The van der Waals surface area contributed by atoms with Gasteiger partial charge in [-0.25, -0.2) is 0 Å². The number of tetrazole rings is 1. The molecule has 1 aromatic carbocycles. The van der Waals surface area contributed by atoms with E-state index in [-0.39, 0.29) is 11.5 Å². The number of aromatic nitrogens is 4. The molecular formula is C22H35N5O3S. The van der Waals surface area contributed by atoms with Crippen molar-refractivity contribution < 1.29 is 14.2 Å². The molecule has 0 radical (unpaired) electrons. The van der Waals surface area contributed by atoms with Crippen molar-refractivity contribution in [2.75, 3.05) is 39.4 Å². The zero-order valence-corrected chi connectivity index (χ0v) is 20.3. The zero-order valence-electron chi connectivity index (χ0n) is 19.5. The molecule has 0 saturated carbocycles. The molecule has 8 nitrogen and oxygen atoms in total. The molecule has 2 unspecified atom stereocenters. The first kappa shape index (κ1) is 23.8. The first-order valence-electron chi connectivity index (χ1n) is 10.7. The largest absolute Gasteiger partial charge is 0.497 e. The van der Waals surface area contributed by atoms with Crippen molar-refractivity contribution in [2.24, 2.45) is 5.41 Å². The van der Waals surface area contributed by atoms with Crippen molar-refractivity contribution in [3.8, 4) is 17.2 Å². The molecule has 2 heterocycles. The standard InChI is InChI=1S/C22H35N5O3S/c1-21(2,15-31-6)14-23-19(22(3)11-7-8-12-30-22)20-24-25-26-27(20)17-10-9-16(28-4)13-18(17)29-5/h9-10,13,19,23H,7-8,11-12,14-15H2,1-6H3. The van der Waals surface area contributed by atoms with Gasteiger partial charge in [0.25, 0.3) is 0 Å². The fraction of sp³-hybridized carbons (Fsp3) is 0.682. The summed E-state index contributed by atoms with van der Waals surface area (Å²) in [6, 6.07) is 5.46. The van der Waals surface area contributed by atoms with Crippen molar-refractivity contribution >= 4 is 11.8 Å². The van der Waals surface area contributed by atoms with Crippen molar-refractivity contribution in [1.82, 2.24) is 25.5 Å². The normalized spacial score (nSPS) is 20.5. The Morgan fingerprint density at radius 1 is 1.29 bits per heavy atom. The second-order valence-electron chi connectivity index (χ2n) is 9.02. The van der Waals surface area contributed by atoms with Crippen LogP contribution < -0.4 is 14.8 Å². The first-order chi connectivity index (χ1) is 14.8. The van der Waals surface area contributed by atoms with Crippen LogP contribution in [0, 0.1) is 5.41 Å². The Labute approximate surface area is 189 Å².